The first-order valence-corrected chi connectivity index (χ1v) is 18.3. The zero-order valence-electron chi connectivity index (χ0n) is 22.1. The van der Waals surface area contributed by atoms with Crippen molar-refractivity contribution in [3.63, 3.8) is 0 Å². The van der Waals surface area contributed by atoms with Gasteiger partial charge < -0.3 is 4.74 Å². The van der Waals surface area contributed by atoms with E-state index in [1.54, 1.807) is 31.9 Å². The highest BCUT2D eigenvalue weighted by Crippen LogP contribution is 2.28. The van der Waals surface area contributed by atoms with Crippen LogP contribution in [0.3, 0.4) is 0 Å². The van der Waals surface area contributed by atoms with Crippen molar-refractivity contribution >= 4 is 34.9 Å². The van der Waals surface area contributed by atoms with Gasteiger partial charge in [-0.25, -0.2) is 31.9 Å². The van der Waals surface area contributed by atoms with Crippen molar-refractivity contribution in [1.82, 2.24) is 27.8 Å². The van der Waals surface area contributed by atoms with Gasteiger partial charge in [0.2, 0.25) is 10.0 Å². The summed E-state index contributed by atoms with van der Waals surface area (Å²) in [5, 5.41) is 0. The van der Waals surface area contributed by atoms with Crippen LogP contribution in [0.5, 0.6) is 0 Å². The second-order valence-corrected chi connectivity index (χ2v) is 18.7. The molecule has 38 heavy (non-hydrogen) atoms. The number of hydrogen-bond acceptors (Lipinski definition) is 6. The molecule has 4 aromatic heterocycles. The lowest BCUT2D eigenvalue weighted by molar-refractivity contribution is 0.0866. The number of hydrogen-bond donors (Lipinski definition) is 0. The molecule has 0 N–H and O–H groups in total. The molecule has 5 heterocycles. The molecule has 1 fully saturated rings. The summed E-state index contributed by atoms with van der Waals surface area (Å²) >= 11 is 0. The van der Waals surface area contributed by atoms with E-state index in [-0.39, 0.29) is 18.5 Å². The van der Waals surface area contributed by atoms with Gasteiger partial charge in [0.25, 0.3) is 0 Å². The van der Waals surface area contributed by atoms with Crippen molar-refractivity contribution < 1.29 is 17.5 Å². The van der Waals surface area contributed by atoms with E-state index in [0.29, 0.717) is 60.7 Å². The topological polar surface area (TPSA) is 104 Å². The monoisotopic (exact) mass is 560 g/mol. The van der Waals surface area contributed by atoms with Gasteiger partial charge in [-0.15, -0.1) is 0 Å². The van der Waals surface area contributed by atoms with Gasteiger partial charge >= 0.3 is 5.69 Å². The smallest absolute Gasteiger partial charge is 0.332 e. The van der Waals surface area contributed by atoms with Crippen LogP contribution in [-0.4, -0.2) is 70.3 Å². The lowest BCUT2D eigenvalue weighted by Gasteiger charge is -2.30. The van der Waals surface area contributed by atoms with Crippen LogP contribution in [0.2, 0.25) is 25.7 Å². The molecule has 5 rings (SSSR count). The van der Waals surface area contributed by atoms with E-state index in [2.05, 4.69) is 24.6 Å². The first kappa shape index (κ1) is 26.7. The second-order valence-electron chi connectivity index (χ2n) is 11.1. The first-order valence-electron chi connectivity index (χ1n) is 12.7. The van der Waals surface area contributed by atoms with Gasteiger partial charge in [-0.3, -0.25) is 13.5 Å². The predicted octanol–water partition coefficient (Wildman–Crippen LogP) is 3.56. The molecule has 4 aromatic rings. The summed E-state index contributed by atoms with van der Waals surface area (Å²) in [4.78, 5) is 23.0. The predicted molar refractivity (Wildman–Crippen MR) is 147 cm³/mol. The molecule has 204 valence electrons. The highest BCUT2D eigenvalue weighted by atomic mass is 32.2. The highest BCUT2D eigenvalue weighted by molar-refractivity contribution is 7.88. The Bertz CT molecular complexity index is 1650. The summed E-state index contributed by atoms with van der Waals surface area (Å²) in [6, 6.07) is 7.35. The average molecular weight is 561 g/mol. The van der Waals surface area contributed by atoms with Gasteiger partial charge in [-0.2, -0.15) is 0 Å². The minimum Gasteiger partial charge on any atom is -0.361 e. The van der Waals surface area contributed by atoms with Gasteiger partial charge in [0.05, 0.1) is 29.4 Å². The Labute approximate surface area is 221 Å². The van der Waals surface area contributed by atoms with E-state index in [4.69, 9.17) is 9.72 Å². The quantitative estimate of drug-likeness (QED) is 0.241. The lowest BCUT2D eigenvalue weighted by atomic mass is 10.1. The Kier molecular flexibility index (Phi) is 7.05. The third-order valence-electron chi connectivity index (χ3n) is 7.02. The normalized spacial score (nSPS) is 16.1. The molecule has 0 atom stereocenters. The molecule has 0 aliphatic carbocycles. The van der Waals surface area contributed by atoms with Gasteiger partial charge in [0.15, 0.2) is 5.65 Å². The Morgan fingerprint density at radius 2 is 1.87 bits per heavy atom. The molecule has 0 bridgehead atoms. The van der Waals surface area contributed by atoms with E-state index >= 15 is 0 Å². The summed E-state index contributed by atoms with van der Waals surface area (Å²) in [5.41, 5.74) is 2.63. The molecule has 0 spiro atoms. The van der Waals surface area contributed by atoms with Gasteiger partial charge in [-0.05, 0) is 43.2 Å². The minimum absolute atomic E-state index is 0.108. The van der Waals surface area contributed by atoms with E-state index in [1.807, 2.05) is 6.07 Å². The van der Waals surface area contributed by atoms with Crippen LogP contribution >= 0.6 is 0 Å². The number of rotatable bonds is 8. The summed E-state index contributed by atoms with van der Waals surface area (Å²) in [6.45, 7) is 8.17. The molecule has 13 heteroatoms. The molecule has 0 unspecified atom stereocenters. The van der Waals surface area contributed by atoms with Gasteiger partial charge in [-0.1, -0.05) is 19.6 Å². The number of imidazole rings is 2. The number of aromatic nitrogens is 5. The van der Waals surface area contributed by atoms with Crippen LogP contribution in [0.25, 0.3) is 28.2 Å². The number of piperidine rings is 1. The third-order valence-corrected chi connectivity index (χ3v) is 10.0. The van der Waals surface area contributed by atoms with Crippen LogP contribution in [0, 0.1) is 5.82 Å². The lowest BCUT2D eigenvalue weighted by Crippen LogP contribution is -2.40. The Morgan fingerprint density at radius 3 is 2.55 bits per heavy atom. The Morgan fingerprint density at radius 1 is 1.13 bits per heavy atom. The van der Waals surface area contributed by atoms with Crippen LogP contribution in [0.4, 0.5) is 4.39 Å². The molecule has 1 saturated heterocycles. The van der Waals surface area contributed by atoms with E-state index in [1.165, 1.54) is 22.8 Å². The van der Waals surface area contributed by atoms with Crippen molar-refractivity contribution in [2.75, 3.05) is 26.0 Å². The summed E-state index contributed by atoms with van der Waals surface area (Å²) in [6.07, 6.45) is 5.18. The molecule has 10 nitrogen and oxygen atoms in total. The van der Waals surface area contributed by atoms with Crippen LogP contribution in [-0.2, 0) is 21.5 Å². The molecule has 0 radical (unpaired) electrons. The fourth-order valence-corrected chi connectivity index (χ4v) is 6.49. The maximum atomic E-state index is 14.0. The number of nitrogens with zero attached hydrogens (tertiary/aromatic N) is 6. The second kappa shape index (κ2) is 10.0. The first-order chi connectivity index (χ1) is 17.9. The third kappa shape index (κ3) is 5.33. The fraction of sp³-hybridized carbons (Fsp3) is 0.480. The summed E-state index contributed by atoms with van der Waals surface area (Å²) in [7, 11) is -4.59. The number of pyridine rings is 2. The van der Waals surface area contributed by atoms with Crippen molar-refractivity contribution in [2.24, 2.45) is 0 Å². The van der Waals surface area contributed by atoms with Gasteiger partial charge in [0, 0.05) is 40.0 Å². The number of fused-ring (bicyclic) bond motifs is 2. The molecule has 0 amide bonds. The number of ether oxygens (including phenoxy) is 1. The molecule has 0 aromatic carbocycles. The maximum Gasteiger partial charge on any atom is 0.332 e. The number of halogens is 1. The molecule has 1 aliphatic heterocycles. The fourth-order valence-electron chi connectivity index (χ4n) is 4.86. The molecular formula is C25H33FN6O4SSi. The van der Waals surface area contributed by atoms with Crippen molar-refractivity contribution in [2.45, 2.75) is 51.3 Å². The average Bonchev–Trinajstić information content (AvgIpc) is 3.38. The van der Waals surface area contributed by atoms with Crippen LogP contribution < -0.4 is 5.69 Å². The maximum absolute atomic E-state index is 14.0. The van der Waals surface area contributed by atoms with E-state index in [9.17, 15) is 17.6 Å². The zero-order valence-corrected chi connectivity index (χ0v) is 23.9. The van der Waals surface area contributed by atoms with E-state index in [0.717, 1.165) is 6.04 Å². The Balaban J connectivity index is 1.56. The minimum atomic E-state index is -3.30. The van der Waals surface area contributed by atoms with Crippen LogP contribution in [0.1, 0.15) is 18.9 Å². The van der Waals surface area contributed by atoms with Crippen molar-refractivity contribution in [1.29, 1.82) is 0 Å². The van der Waals surface area contributed by atoms with E-state index < -0.39 is 23.9 Å². The SMILES string of the molecule is C[Si](C)(C)CCOCn1c(=O)n(C2CCN(S(C)(=O)=O)CC2)c2nc(-c3cnc4ccc(F)cn34)ccc21. The Hall–Kier alpha value is -2.87. The molecule has 0 saturated carbocycles. The molecule has 1 aliphatic rings. The zero-order chi connectivity index (χ0) is 27.2. The molecular weight excluding hydrogens is 527 g/mol. The number of sulfonamides is 1. The summed E-state index contributed by atoms with van der Waals surface area (Å²) < 4.78 is 50.3. The largest absolute Gasteiger partial charge is 0.361 e. The standard InChI is InChI=1S/C25H33FN6O4SSi/c1-37(34,35)29-11-9-19(10-12-29)32-24-21(31(25(32)33)17-36-13-14-38(2,3)4)7-6-20(28-24)22-15-27-23-8-5-18(26)16-30(22)23/h5-8,15-16,19H,9-14,17H2,1-4H3. The summed E-state index contributed by atoms with van der Waals surface area (Å²) in [5.74, 6) is -0.394. The van der Waals surface area contributed by atoms with Crippen molar-refractivity contribution in [3.05, 3.63) is 53.0 Å². The van der Waals surface area contributed by atoms with Gasteiger partial charge in [0.1, 0.15) is 18.2 Å². The van der Waals surface area contributed by atoms with Crippen LogP contribution in [0.15, 0.2) is 41.5 Å². The highest BCUT2D eigenvalue weighted by Gasteiger charge is 2.29. The van der Waals surface area contributed by atoms with Crippen molar-refractivity contribution in [3.8, 4) is 11.4 Å².